The Kier molecular flexibility index (Phi) is 7.16. The molecule has 1 saturated carbocycles. The quantitative estimate of drug-likeness (QED) is 0.589. The molecule has 1 heterocycles. The summed E-state index contributed by atoms with van der Waals surface area (Å²) in [5, 5.41) is 3.47. The summed E-state index contributed by atoms with van der Waals surface area (Å²) < 4.78 is 5.47. The molecule has 114 valence electrons. The van der Waals surface area contributed by atoms with Gasteiger partial charge in [-0.15, -0.1) is 0 Å². The first kappa shape index (κ1) is 15.6. The fourth-order valence-electron chi connectivity index (χ4n) is 2.65. The molecule has 1 aliphatic carbocycles. The lowest BCUT2D eigenvalue weighted by Crippen LogP contribution is -2.26. The Balaban J connectivity index is 1.52. The Morgan fingerprint density at radius 1 is 1.20 bits per heavy atom. The molecule has 0 aromatic carbocycles. The van der Waals surface area contributed by atoms with Crippen LogP contribution in [0.3, 0.4) is 0 Å². The van der Waals surface area contributed by atoms with E-state index in [2.05, 4.69) is 23.2 Å². The highest BCUT2D eigenvalue weighted by atomic mass is 16.3. The van der Waals surface area contributed by atoms with Crippen molar-refractivity contribution in [2.24, 2.45) is 0 Å². The van der Waals surface area contributed by atoms with Crippen LogP contribution in [0, 0.1) is 0 Å². The zero-order chi connectivity index (χ0) is 14.0. The summed E-state index contributed by atoms with van der Waals surface area (Å²) in [6.07, 6.45) is 11.1. The number of nitrogens with zero attached hydrogens (tertiary/aromatic N) is 1. The maximum atomic E-state index is 5.47. The fourth-order valence-corrected chi connectivity index (χ4v) is 2.65. The van der Waals surface area contributed by atoms with E-state index in [4.69, 9.17) is 4.42 Å². The highest BCUT2D eigenvalue weighted by molar-refractivity contribution is 4.99. The van der Waals surface area contributed by atoms with Gasteiger partial charge in [0.05, 0.1) is 12.8 Å². The standard InChI is InChI=1S/C17H30N2O/c1-2-11-18-12-5-3-4-6-13-19(16-9-10-16)15-17-8-7-14-20-17/h7-8,14,16,18H,2-6,9-13,15H2,1H3. The monoisotopic (exact) mass is 278 g/mol. The summed E-state index contributed by atoms with van der Waals surface area (Å²) in [6.45, 7) is 6.80. The molecule has 3 heteroatoms. The largest absolute Gasteiger partial charge is 0.468 e. The normalized spacial score (nSPS) is 15.1. The molecule has 0 saturated heterocycles. The van der Waals surface area contributed by atoms with E-state index >= 15 is 0 Å². The lowest BCUT2D eigenvalue weighted by Gasteiger charge is -2.20. The predicted octanol–water partition coefficient (Wildman–Crippen LogP) is 3.80. The second-order valence-corrected chi connectivity index (χ2v) is 5.95. The van der Waals surface area contributed by atoms with Crippen LogP contribution < -0.4 is 5.32 Å². The van der Waals surface area contributed by atoms with E-state index < -0.39 is 0 Å². The summed E-state index contributed by atoms with van der Waals surface area (Å²) in [5.74, 6) is 1.11. The first-order chi connectivity index (χ1) is 9.90. The lowest BCUT2D eigenvalue weighted by atomic mass is 10.2. The van der Waals surface area contributed by atoms with Gasteiger partial charge < -0.3 is 9.73 Å². The Morgan fingerprint density at radius 2 is 2.05 bits per heavy atom. The second-order valence-electron chi connectivity index (χ2n) is 5.95. The molecule has 1 aromatic rings. The zero-order valence-corrected chi connectivity index (χ0v) is 12.9. The molecule has 3 nitrogen and oxygen atoms in total. The average Bonchev–Trinajstić information content (AvgIpc) is 3.18. The van der Waals surface area contributed by atoms with Gasteiger partial charge in [-0.25, -0.2) is 0 Å². The maximum absolute atomic E-state index is 5.47. The van der Waals surface area contributed by atoms with Crippen molar-refractivity contribution in [3.05, 3.63) is 24.2 Å². The van der Waals surface area contributed by atoms with Gasteiger partial charge in [0.2, 0.25) is 0 Å². The molecule has 0 radical (unpaired) electrons. The van der Waals surface area contributed by atoms with Gasteiger partial charge in [-0.1, -0.05) is 19.8 Å². The van der Waals surface area contributed by atoms with Crippen LogP contribution >= 0.6 is 0 Å². The summed E-state index contributed by atoms with van der Waals surface area (Å²) >= 11 is 0. The molecular weight excluding hydrogens is 248 g/mol. The molecule has 0 atom stereocenters. The Hall–Kier alpha value is -0.800. The Bertz CT molecular complexity index is 333. The first-order valence-corrected chi connectivity index (χ1v) is 8.37. The third kappa shape index (κ3) is 6.10. The minimum atomic E-state index is 0.825. The molecule has 0 bridgehead atoms. The van der Waals surface area contributed by atoms with Crippen LogP contribution in [-0.4, -0.2) is 30.6 Å². The van der Waals surface area contributed by atoms with Gasteiger partial charge >= 0.3 is 0 Å². The van der Waals surface area contributed by atoms with E-state index in [1.807, 2.05) is 6.07 Å². The smallest absolute Gasteiger partial charge is 0.117 e. The van der Waals surface area contributed by atoms with E-state index in [0.717, 1.165) is 18.3 Å². The number of rotatable bonds is 12. The molecule has 0 amide bonds. The van der Waals surface area contributed by atoms with Crippen LogP contribution in [0.2, 0.25) is 0 Å². The van der Waals surface area contributed by atoms with Gasteiger partial charge in [-0.2, -0.15) is 0 Å². The highest BCUT2D eigenvalue weighted by Crippen LogP contribution is 2.28. The van der Waals surface area contributed by atoms with Crippen LogP contribution in [0.15, 0.2) is 22.8 Å². The minimum Gasteiger partial charge on any atom is -0.468 e. The summed E-state index contributed by atoms with van der Waals surface area (Å²) in [7, 11) is 0. The van der Waals surface area contributed by atoms with Crippen LogP contribution in [-0.2, 0) is 6.54 Å². The molecule has 0 spiro atoms. The molecular formula is C17H30N2O. The van der Waals surface area contributed by atoms with Crippen molar-refractivity contribution >= 4 is 0 Å². The minimum absolute atomic E-state index is 0.825. The van der Waals surface area contributed by atoms with E-state index in [9.17, 15) is 0 Å². The topological polar surface area (TPSA) is 28.4 Å². The van der Waals surface area contributed by atoms with Crippen LogP contribution in [0.1, 0.15) is 57.6 Å². The van der Waals surface area contributed by atoms with Gasteiger partial charge in [-0.3, -0.25) is 4.90 Å². The van der Waals surface area contributed by atoms with Crippen molar-refractivity contribution in [1.82, 2.24) is 10.2 Å². The predicted molar refractivity (Wildman–Crippen MR) is 83.8 cm³/mol. The van der Waals surface area contributed by atoms with Crippen molar-refractivity contribution < 1.29 is 4.42 Å². The average molecular weight is 278 g/mol. The zero-order valence-electron chi connectivity index (χ0n) is 12.9. The van der Waals surface area contributed by atoms with Gasteiger partial charge in [0.15, 0.2) is 0 Å². The third-order valence-electron chi connectivity index (χ3n) is 3.98. The second kappa shape index (κ2) is 9.19. The molecule has 1 fully saturated rings. The lowest BCUT2D eigenvalue weighted by molar-refractivity contribution is 0.228. The number of hydrogen-bond donors (Lipinski definition) is 1. The third-order valence-corrected chi connectivity index (χ3v) is 3.98. The SMILES string of the molecule is CCCNCCCCCCN(Cc1ccco1)C1CC1. The van der Waals surface area contributed by atoms with Crippen LogP contribution in [0.5, 0.6) is 0 Å². The number of furan rings is 1. The van der Waals surface area contributed by atoms with E-state index in [-0.39, 0.29) is 0 Å². The van der Waals surface area contributed by atoms with Crippen LogP contribution in [0.4, 0.5) is 0 Å². The summed E-state index contributed by atoms with van der Waals surface area (Å²) in [6, 6.07) is 4.91. The number of nitrogens with one attached hydrogen (secondary N) is 1. The molecule has 0 unspecified atom stereocenters. The first-order valence-electron chi connectivity index (χ1n) is 8.37. The van der Waals surface area contributed by atoms with Gasteiger partial charge in [0, 0.05) is 6.04 Å². The van der Waals surface area contributed by atoms with Gasteiger partial charge in [0.25, 0.3) is 0 Å². The molecule has 20 heavy (non-hydrogen) atoms. The van der Waals surface area contributed by atoms with E-state index in [0.29, 0.717) is 0 Å². The number of hydrogen-bond acceptors (Lipinski definition) is 3. The Morgan fingerprint density at radius 3 is 2.75 bits per heavy atom. The van der Waals surface area contributed by atoms with Crippen molar-refractivity contribution in [2.45, 2.75) is 64.5 Å². The number of unbranched alkanes of at least 4 members (excludes halogenated alkanes) is 3. The molecule has 1 aromatic heterocycles. The van der Waals surface area contributed by atoms with E-state index in [1.54, 1.807) is 6.26 Å². The molecule has 0 aliphatic heterocycles. The summed E-state index contributed by atoms with van der Waals surface area (Å²) in [4.78, 5) is 2.61. The molecule has 1 N–H and O–H groups in total. The van der Waals surface area contributed by atoms with E-state index in [1.165, 1.54) is 64.6 Å². The fraction of sp³-hybridized carbons (Fsp3) is 0.765. The van der Waals surface area contributed by atoms with Gasteiger partial charge in [0.1, 0.15) is 5.76 Å². The highest BCUT2D eigenvalue weighted by Gasteiger charge is 2.28. The maximum Gasteiger partial charge on any atom is 0.117 e. The van der Waals surface area contributed by atoms with Crippen molar-refractivity contribution in [2.75, 3.05) is 19.6 Å². The van der Waals surface area contributed by atoms with Crippen molar-refractivity contribution in [3.8, 4) is 0 Å². The van der Waals surface area contributed by atoms with Crippen molar-refractivity contribution in [1.29, 1.82) is 0 Å². The van der Waals surface area contributed by atoms with Crippen molar-refractivity contribution in [3.63, 3.8) is 0 Å². The Labute approximate surface area is 123 Å². The van der Waals surface area contributed by atoms with Crippen LogP contribution in [0.25, 0.3) is 0 Å². The summed E-state index contributed by atoms with van der Waals surface area (Å²) in [5.41, 5.74) is 0. The molecule has 2 rings (SSSR count). The van der Waals surface area contributed by atoms with Gasteiger partial charge in [-0.05, 0) is 63.9 Å². The molecule has 1 aliphatic rings.